The monoisotopic (exact) mass is 290 g/mol. The van der Waals surface area contributed by atoms with Gasteiger partial charge in [0.25, 0.3) is 0 Å². The summed E-state index contributed by atoms with van der Waals surface area (Å²) in [5.41, 5.74) is 0.630. The predicted octanol–water partition coefficient (Wildman–Crippen LogP) is 3.09. The SMILES string of the molecule is O=C(CC1CC2CCC(C1)N2)N1CCC2(CCCC2)CC1. The first-order valence-corrected chi connectivity index (χ1v) is 9.26. The second-order valence-corrected chi connectivity index (χ2v) is 8.27. The fourth-order valence-electron chi connectivity index (χ4n) is 5.57. The third-order valence-corrected chi connectivity index (χ3v) is 6.88. The molecular weight excluding hydrogens is 260 g/mol. The van der Waals surface area contributed by atoms with Gasteiger partial charge < -0.3 is 10.2 Å². The Hall–Kier alpha value is -0.570. The van der Waals surface area contributed by atoms with Crippen LogP contribution < -0.4 is 5.32 Å². The number of hydrogen-bond donors (Lipinski definition) is 1. The summed E-state index contributed by atoms with van der Waals surface area (Å²) in [5, 5.41) is 3.68. The van der Waals surface area contributed by atoms with Crippen LogP contribution in [0.5, 0.6) is 0 Å². The average molecular weight is 290 g/mol. The van der Waals surface area contributed by atoms with Crippen LogP contribution in [0.4, 0.5) is 0 Å². The lowest BCUT2D eigenvalue weighted by molar-refractivity contribution is -0.134. The van der Waals surface area contributed by atoms with Crippen molar-refractivity contribution in [3.63, 3.8) is 0 Å². The van der Waals surface area contributed by atoms with Crippen LogP contribution in [0.1, 0.15) is 70.6 Å². The number of carbonyl (C=O) groups excluding carboxylic acids is 1. The van der Waals surface area contributed by atoms with Gasteiger partial charge in [-0.2, -0.15) is 0 Å². The van der Waals surface area contributed by atoms with Gasteiger partial charge in [-0.1, -0.05) is 12.8 Å². The highest BCUT2D eigenvalue weighted by molar-refractivity contribution is 5.76. The molecule has 1 saturated carbocycles. The van der Waals surface area contributed by atoms with Crippen molar-refractivity contribution >= 4 is 5.91 Å². The van der Waals surface area contributed by atoms with E-state index in [1.54, 1.807) is 0 Å². The van der Waals surface area contributed by atoms with Crippen LogP contribution in [0.15, 0.2) is 0 Å². The molecule has 0 aromatic heterocycles. The molecule has 3 nitrogen and oxygen atoms in total. The van der Waals surface area contributed by atoms with Gasteiger partial charge in [-0.25, -0.2) is 0 Å². The van der Waals surface area contributed by atoms with Gasteiger partial charge in [0, 0.05) is 31.6 Å². The summed E-state index contributed by atoms with van der Waals surface area (Å²) in [6.07, 6.45) is 14.2. The number of likely N-dealkylation sites (tertiary alicyclic amines) is 1. The predicted molar refractivity (Wildman–Crippen MR) is 84.0 cm³/mol. The van der Waals surface area contributed by atoms with Gasteiger partial charge in [-0.15, -0.1) is 0 Å². The Labute approximate surface area is 128 Å². The maximum Gasteiger partial charge on any atom is 0.222 e. The third kappa shape index (κ3) is 2.86. The molecule has 3 aliphatic heterocycles. The van der Waals surface area contributed by atoms with Crippen LogP contribution in [0, 0.1) is 11.3 Å². The number of piperidine rings is 2. The van der Waals surface area contributed by atoms with E-state index in [0.717, 1.165) is 19.5 Å². The first-order valence-electron chi connectivity index (χ1n) is 9.26. The smallest absolute Gasteiger partial charge is 0.222 e. The van der Waals surface area contributed by atoms with Crippen LogP contribution in [0.25, 0.3) is 0 Å². The maximum absolute atomic E-state index is 12.6. The highest BCUT2D eigenvalue weighted by atomic mass is 16.2. The van der Waals surface area contributed by atoms with Crippen molar-refractivity contribution in [2.24, 2.45) is 11.3 Å². The minimum atomic E-state index is 0.453. The normalized spacial score (nSPS) is 38.1. The molecule has 1 aliphatic carbocycles. The minimum absolute atomic E-state index is 0.453. The van der Waals surface area contributed by atoms with E-state index in [1.165, 1.54) is 64.2 Å². The number of nitrogens with one attached hydrogen (secondary N) is 1. The molecule has 1 amide bonds. The van der Waals surface area contributed by atoms with Crippen LogP contribution >= 0.6 is 0 Å². The molecule has 2 bridgehead atoms. The van der Waals surface area contributed by atoms with E-state index < -0.39 is 0 Å². The summed E-state index contributed by atoms with van der Waals surface area (Å²) >= 11 is 0. The molecule has 3 heteroatoms. The van der Waals surface area contributed by atoms with E-state index in [0.29, 0.717) is 29.3 Å². The zero-order valence-electron chi connectivity index (χ0n) is 13.3. The van der Waals surface area contributed by atoms with Crippen LogP contribution in [-0.4, -0.2) is 36.0 Å². The van der Waals surface area contributed by atoms with E-state index in [-0.39, 0.29) is 0 Å². The van der Waals surface area contributed by atoms with E-state index in [1.807, 2.05) is 0 Å². The van der Waals surface area contributed by atoms with E-state index in [2.05, 4.69) is 10.2 Å². The lowest BCUT2D eigenvalue weighted by Gasteiger charge is -2.40. The number of hydrogen-bond acceptors (Lipinski definition) is 2. The van der Waals surface area contributed by atoms with Gasteiger partial charge in [0.15, 0.2) is 0 Å². The van der Waals surface area contributed by atoms with Crippen molar-refractivity contribution in [3.8, 4) is 0 Å². The minimum Gasteiger partial charge on any atom is -0.343 e. The first-order chi connectivity index (χ1) is 10.2. The van der Waals surface area contributed by atoms with E-state index >= 15 is 0 Å². The van der Waals surface area contributed by atoms with Crippen molar-refractivity contribution in [2.75, 3.05) is 13.1 Å². The second-order valence-electron chi connectivity index (χ2n) is 8.27. The Balaban J connectivity index is 1.28. The Morgan fingerprint density at radius 3 is 2.24 bits per heavy atom. The highest BCUT2D eigenvalue weighted by Gasteiger charge is 2.39. The van der Waals surface area contributed by atoms with Crippen LogP contribution in [0.2, 0.25) is 0 Å². The molecule has 2 atom stereocenters. The molecule has 2 unspecified atom stereocenters. The third-order valence-electron chi connectivity index (χ3n) is 6.88. The summed E-state index contributed by atoms with van der Waals surface area (Å²) in [5.74, 6) is 1.10. The molecule has 3 heterocycles. The molecule has 4 rings (SSSR count). The number of nitrogens with zero attached hydrogens (tertiary/aromatic N) is 1. The number of fused-ring (bicyclic) bond motifs is 2. The summed E-state index contributed by atoms with van der Waals surface area (Å²) in [6.45, 7) is 2.08. The van der Waals surface area contributed by atoms with Gasteiger partial charge in [0.05, 0.1) is 0 Å². The van der Waals surface area contributed by atoms with Gasteiger partial charge in [-0.3, -0.25) is 4.79 Å². The van der Waals surface area contributed by atoms with E-state index in [4.69, 9.17) is 0 Å². The highest BCUT2D eigenvalue weighted by Crippen LogP contribution is 2.46. The fourth-order valence-corrected chi connectivity index (χ4v) is 5.57. The first kappa shape index (κ1) is 14.0. The van der Waals surface area contributed by atoms with Gasteiger partial charge >= 0.3 is 0 Å². The average Bonchev–Trinajstić information content (AvgIpc) is 3.07. The molecule has 0 aromatic carbocycles. The molecular formula is C18H30N2O. The zero-order valence-corrected chi connectivity index (χ0v) is 13.3. The van der Waals surface area contributed by atoms with Crippen LogP contribution in [-0.2, 0) is 4.79 Å². The van der Waals surface area contributed by atoms with Crippen molar-refractivity contribution in [1.29, 1.82) is 0 Å². The zero-order chi connectivity index (χ0) is 14.3. The lowest BCUT2D eigenvalue weighted by atomic mass is 9.77. The lowest BCUT2D eigenvalue weighted by Crippen LogP contribution is -2.44. The van der Waals surface area contributed by atoms with Gasteiger partial charge in [0.2, 0.25) is 5.91 Å². The van der Waals surface area contributed by atoms with Crippen molar-refractivity contribution in [3.05, 3.63) is 0 Å². The molecule has 0 aromatic rings. The molecule has 1 N–H and O–H groups in total. The van der Waals surface area contributed by atoms with Crippen molar-refractivity contribution in [1.82, 2.24) is 10.2 Å². The Morgan fingerprint density at radius 1 is 1.00 bits per heavy atom. The summed E-state index contributed by atoms with van der Waals surface area (Å²) in [6, 6.07) is 1.43. The molecule has 118 valence electrons. The molecule has 0 radical (unpaired) electrons. The summed E-state index contributed by atoms with van der Waals surface area (Å²) < 4.78 is 0. The molecule has 21 heavy (non-hydrogen) atoms. The molecule has 4 fully saturated rings. The van der Waals surface area contributed by atoms with Crippen LogP contribution in [0.3, 0.4) is 0 Å². The largest absolute Gasteiger partial charge is 0.343 e. The molecule has 1 spiro atoms. The second kappa shape index (κ2) is 5.57. The maximum atomic E-state index is 12.6. The van der Waals surface area contributed by atoms with Crippen molar-refractivity contribution < 1.29 is 4.79 Å². The quantitative estimate of drug-likeness (QED) is 0.847. The standard InChI is InChI=1S/C18H30N2O/c21-17(13-14-11-15-3-4-16(12-14)19-15)20-9-7-18(8-10-20)5-1-2-6-18/h14-16,19H,1-13H2. The number of rotatable bonds is 2. The summed E-state index contributed by atoms with van der Waals surface area (Å²) in [7, 11) is 0. The number of amides is 1. The van der Waals surface area contributed by atoms with Gasteiger partial charge in [-0.05, 0) is 62.7 Å². The fraction of sp³-hybridized carbons (Fsp3) is 0.944. The number of carbonyl (C=O) groups is 1. The Bertz CT molecular complexity index is 380. The Morgan fingerprint density at radius 2 is 1.62 bits per heavy atom. The van der Waals surface area contributed by atoms with Gasteiger partial charge in [0.1, 0.15) is 0 Å². The molecule has 3 saturated heterocycles. The molecule has 4 aliphatic rings. The Kier molecular flexibility index (Phi) is 3.72. The van der Waals surface area contributed by atoms with Crippen molar-refractivity contribution in [2.45, 2.75) is 82.7 Å². The van der Waals surface area contributed by atoms with E-state index in [9.17, 15) is 4.79 Å². The topological polar surface area (TPSA) is 32.3 Å². The summed E-state index contributed by atoms with van der Waals surface area (Å²) in [4.78, 5) is 14.8.